The molecule has 1 heterocycles. The molecule has 0 unspecified atom stereocenters. The molecule has 2 aromatic rings. The third kappa shape index (κ3) is 12.7. The lowest BCUT2D eigenvalue weighted by Gasteiger charge is -2.11. The Balaban J connectivity index is 0.00000578. The number of benzene rings is 1. The fourth-order valence-electron chi connectivity index (χ4n) is 4.02. The molecule has 190 valence electrons. The van der Waals surface area contributed by atoms with Crippen molar-refractivity contribution in [1.82, 2.24) is 5.32 Å². The van der Waals surface area contributed by atoms with Gasteiger partial charge in [-0.15, -0.1) is 0 Å². The molecule has 2 rings (SSSR count). The summed E-state index contributed by atoms with van der Waals surface area (Å²) in [4.78, 5) is 12.3. The number of ether oxygens (including phenoxy) is 1. The predicted molar refractivity (Wildman–Crippen MR) is 137 cm³/mol. The zero-order valence-corrected chi connectivity index (χ0v) is 23.7. The van der Waals surface area contributed by atoms with E-state index < -0.39 is 0 Å². The van der Waals surface area contributed by atoms with Gasteiger partial charge in [0.2, 0.25) is 0 Å². The number of nitrogens with zero attached hydrogens (tertiary/aromatic N) is 1. The van der Waals surface area contributed by atoms with Crippen LogP contribution in [0.15, 0.2) is 42.7 Å². The van der Waals surface area contributed by atoms with Crippen LogP contribution in [0.2, 0.25) is 0 Å². The number of aryl methyl sites for hydroxylation is 2. The number of rotatable bonds is 17. The first kappa shape index (κ1) is 30.4. The average molecular weight is 581 g/mol. The SMILES string of the molecule is CCCCCCCCCCCCCCOc1ccc(CNC(=O)c2cc[n+](C)cc2)c(C)c1.[I-]. The topological polar surface area (TPSA) is 42.2 Å². The minimum absolute atomic E-state index is 0. The van der Waals surface area contributed by atoms with Crippen LogP contribution < -0.4 is 38.6 Å². The molecule has 0 radical (unpaired) electrons. The summed E-state index contributed by atoms with van der Waals surface area (Å²) in [5, 5.41) is 3.00. The quantitative estimate of drug-likeness (QED) is 0.176. The zero-order valence-electron chi connectivity index (χ0n) is 21.6. The molecule has 0 aliphatic rings. The van der Waals surface area contributed by atoms with Gasteiger partial charge in [-0.2, -0.15) is 0 Å². The summed E-state index contributed by atoms with van der Waals surface area (Å²) in [6.07, 6.45) is 20.0. The molecular formula is C29H45IN2O2. The molecule has 1 N–H and O–H groups in total. The molecule has 0 saturated heterocycles. The standard InChI is InChI=1S/C29H44N2O2.HI/c1-4-5-6-7-8-9-10-11-12-13-14-15-22-33-28-17-16-27(25(2)23-28)24-30-29(32)26-18-20-31(3)21-19-26;/h16-21,23H,4-15,22,24H2,1-3H3;1H. The molecule has 0 bridgehead atoms. The van der Waals surface area contributed by atoms with Gasteiger partial charge in [0.15, 0.2) is 12.4 Å². The van der Waals surface area contributed by atoms with Crippen LogP contribution in [0.4, 0.5) is 0 Å². The minimum atomic E-state index is -0.0534. The summed E-state index contributed by atoms with van der Waals surface area (Å²) in [6.45, 7) is 5.64. The van der Waals surface area contributed by atoms with Crippen LogP contribution >= 0.6 is 0 Å². The molecule has 1 aromatic heterocycles. The Kier molecular flexibility index (Phi) is 16.7. The van der Waals surface area contributed by atoms with Crippen molar-refractivity contribution in [3.63, 3.8) is 0 Å². The fourth-order valence-corrected chi connectivity index (χ4v) is 4.02. The van der Waals surface area contributed by atoms with E-state index in [2.05, 4.69) is 31.3 Å². The third-order valence-corrected chi connectivity index (χ3v) is 6.26. The van der Waals surface area contributed by atoms with E-state index in [1.54, 1.807) is 0 Å². The highest BCUT2D eigenvalue weighted by Crippen LogP contribution is 2.18. The Hall–Kier alpha value is -1.63. The summed E-state index contributed by atoms with van der Waals surface area (Å²) in [6, 6.07) is 9.80. The molecule has 0 aliphatic heterocycles. The number of carbonyl (C=O) groups excluding carboxylic acids is 1. The Morgan fingerprint density at radius 3 is 1.97 bits per heavy atom. The molecule has 0 spiro atoms. The van der Waals surface area contributed by atoms with Gasteiger partial charge in [0.1, 0.15) is 12.8 Å². The number of pyridine rings is 1. The van der Waals surface area contributed by atoms with Crippen molar-refractivity contribution in [3.05, 3.63) is 59.4 Å². The van der Waals surface area contributed by atoms with Crippen molar-refractivity contribution in [3.8, 4) is 5.75 Å². The summed E-state index contributed by atoms with van der Waals surface area (Å²) < 4.78 is 7.86. The third-order valence-electron chi connectivity index (χ3n) is 6.26. The molecule has 0 atom stereocenters. The van der Waals surface area contributed by atoms with Crippen LogP contribution in [0.25, 0.3) is 0 Å². The lowest BCUT2D eigenvalue weighted by Crippen LogP contribution is -3.00. The average Bonchev–Trinajstić information content (AvgIpc) is 2.81. The second-order valence-electron chi connectivity index (χ2n) is 9.26. The molecule has 34 heavy (non-hydrogen) atoms. The van der Waals surface area contributed by atoms with Crippen LogP contribution in [0.5, 0.6) is 5.75 Å². The fraction of sp³-hybridized carbons (Fsp3) is 0.586. The van der Waals surface area contributed by atoms with E-state index in [0.717, 1.165) is 29.9 Å². The van der Waals surface area contributed by atoms with Gasteiger partial charge in [-0.25, -0.2) is 4.57 Å². The van der Waals surface area contributed by atoms with Crippen LogP contribution in [-0.2, 0) is 13.6 Å². The number of unbranched alkanes of at least 4 members (excludes halogenated alkanes) is 11. The highest BCUT2D eigenvalue weighted by molar-refractivity contribution is 5.93. The summed E-state index contributed by atoms with van der Waals surface area (Å²) in [5.74, 6) is 0.864. The molecule has 5 heteroatoms. The van der Waals surface area contributed by atoms with E-state index in [1.807, 2.05) is 42.2 Å². The highest BCUT2D eigenvalue weighted by Gasteiger charge is 2.08. The van der Waals surface area contributed by atoms with Crippen molar-refractivity contribution in [1.29, 1.82) is 0 Å². The molecule has 0 fully saturated rings. The van der Waals surface area contributed by atoms with Crippen LogP contribution in [0, 0.1) is 6.92 Å². The second kappa shape index (κ2) is 18.7. The first-order valence-electron chi connectivity index (χ1n) is 13.1. The summed E-state index contributed by atoms with van der Waals surface area (Å²) in [7, 11) is 1.94. The number of amides is 1. The lowest BCUT2D eigenvalue weighted by molar-refractivity contribution is -0.671. The van der Waals surface area contributed by atoms with Crippen LogP contribution in [0.1, 0.15) is 105 Å². The molecule has 0 aliphatic carbocycles. The van der Waals surface area contributed by atoms with Crippen molar-refractivity contribution in [2.75, 3.05) is 6.61 Å². The maximum absolute atomic E-state index is 12.3. The Labute approximate surface area is 224 Å². The molecule has 1 amide bonds. The normalized spacial score (nSPS) is 10.6. The van der Waals surface area contributed by atoms with Gasteiger partial charge in [0.05, 0.1) is 12.2 Å². The number of halogens is 1. The van der Waals surface area contributed by atoms with Gasteiger partial charge in [-0.05, 0) is 36.6 Å². The number of aromatic nitrogens is 1. The van der Waals surface area contributed by atoms with Gasteiger partial charge in [0, 0.05) is 18.7 Å². The number of carbonyl (C=O) groups is 1. The van der Waals surface area contributed by atoms with Crippen molar-refractivity contribution >= 4 is 5.91 Å². The van der Waals surface area contributed by atoms with Crippen molar-refractivity contribution < 1.29 is 38.1 Å². The monoisotopic (exact) mass is 580 g/mol. The number of nitrogens with one attached hydrogen (secondary N) is 1. The molecule has 1 aromatic carbocycles. The second-order valence-corrected chi connectivity index (χ2v) is 9.26. The van der Waals surface area contributed by atoms with Gasteiger partial charge in [-0.1, -0.05) is 83.6 Å². The number of hydrogen-bond acceptors (Lipinski definition) is 2. The van der Waals surface area contributed by atoms with Crippen LogP contribution in [-0.4, -0.2) is 12.5 Å². The van der Waals surface area contributed by atoms with E-state index in [1.165, 1.54) is 70.6 Å². The van der Waals surface area contributed by atoms with E-state index in [4.69, 9.17) is 4.74 Å². The highest BCUT2D eigenvalue weighted by atomic mass is 127. The Morgan fingerprint density at radius 1 is 0.853 bits per heavy atom. The molecule has 4 nitrogen and oxygen atoms in total. The van der Waals surface area contributed by atoms with Gasteiger partial charge < -0.3 is 34.0 Å². The number of hydrogen-bond donors (Lipinski definition) is 1. The summed E-state index contributed by atoms with van der Waals surface area (Å²) >= 11 is 0. The van der Waals surface area contributed by atoms with E-state index in [0.29, 0.717) is 12.1 Å². The van der Waals surface area contributed by atoms with E-state index >= 15 is 0 Å². The minimum Gasteiger partial charge on any atom is -1.00 e. The largest absolute Gasteiger partial charge is 1.00 e. The predicted octanol–water partition coefficient (Wildman–Crippen LogP) is 3.83. The summed E-state index contributed by atoms with van der Waals surface area (Å²) in [5.41, 5.74) is 2.93. The maximum Gasteiger partial charge on any atom is 0.252 e. The Morgan fingerprint density at radius 2 is 1.41 bits per heavy atom. The van der Waals surface area contributed by atoms with Crippen molar-refractivity contribution in [2.24, 2.45) is 7.05 Å². The van der Waals surface area contributed by atoms with Gasteiger partial charge >= 0.3 is 0 Å². The van der Waals surface area contributed by atoms with E-state index in [-0.39, 0.29) is 29.9 Å². The Bertz CT molecular complexity index is 808. The van der Waals surface area contributed by atoms with Gasteiger partial charge in [0.25, 0.3) is 5.91 Å². The first-order chi connectivity index (χ1) is 16.1. The van der Waals surface area contributed by atoms with E-state index in [9.17, 15) is 4.79 Å². The van der Waals surface area contributed by atoms with Gasteiger partial charge in [-0.3, -0.25) is 4.79 Å². The molecule has 0 saturated carbocycles. The van der Waals surface area contributed by atoms with Crippen molar-refractivity contribution in [2.45, 2.75) is 97.4 Å². The van der Waals surface area contributed by atoms with Crippen LogP contribution in [0.3, 0.4) is 0 Å². The zero-order chi connectivity index (χ0) is 23.7. The first-order valence-corrected chi connectivity index (χ1v) is 13.1. The lowest BCUT2D eigenvalue weighted by atomic mass is 10.1. The smallest absolute Gasteiger partial charge is 0.252 e. The maximum atomic E-state index is 12.3. The molecular weight excluding hydrogens is 535 g/mol.